The van der Waals surface area contributed by atoms with Crippen molar-refractivity contribution in [2.75, 3.05) is 0 Å². The third kappa shape index (κ3) is 1.51. The minimum Gasteiger partial charge on any atom is -0.472 e. The van der Waals surface area contributed by atoms with Crippen LogP contribution in [0.1, 0.15) is 5.69 Å². The minimum atomic E-state index is -1.18. The number of rotatable bonds is 0. The van der Waals surface area contributed by atoms with Crippen LogP contribution in [0.5, 0.6) is 0 Å². The molecule has 0 aliphatic rings. The molecular weight excluding hydrogens is 184 g/mol. The summed E-state index contributed by atoms with van der Waals surface area (Å²) in [6, 6.07) is 0. The number of fused-ring (bicyclic) bond motifs is 1. The zero-order chi connectivity index (χ0) is 9.97. The van der Waals surface area contributed by atoms with E-state index in [1.807, 2.05) is 5.92 Å². The highest BCUT2D eigenvalue weighted by Gasteiger charge is 1.96. The first-order chi connectivity index (χ1) is 6.75. The largest absolute Gasteiger partial charge is 0.472 e. The average Bonchev–Trinajstić information content (AvgIpc) is 2.61. The highest BCUT2D eigenvalue weighted by Crippen LogP contribution is 1.97. The number of carbonyl (C=O) groups is 1. The van der Waals surface area contributed by atoms with E-state index in [1.54, 1.807) is 10.6 Å². The standard InChI is InChI=1S/C8H4N4O2/c13-8(14)2-1-6-4-12-5-10-11-7(12)3-9-6/h3-5H,(H,13,14). The van der Waals surface area contributed by atoms with Gasteiger partial charge in [0.1, 0.15) is 12.0 Å². The van der Waals surface area contributed by atoms with Gasteiger partial charge in [-0.2, -0.15) is 0 Å². The Labute approximate surface area is 78.2 Å². The van der Waals surface area contributed by atoms with E-state index in [1.165, 1.54) is 12.5 Å². The lowest BCUT2D eigenvalue weighted by atomic mass is 10.4. The molecule has 14 heavy (non-hydrogen) atoms. The van der Waals surface area contributed by atoms with Gasteiger partial charge in [-0.15, -0.1) is 10.2 Å². The van der Waals surface area contributed by atoms with E-state index in [-0.39, 0.29) is 0 Å². The molecule has 0 atom stereocenters. The quantitative estimate of drug-likeness (QED) is 0.567. The molecule has 0 aromatic carbocycles. The van der Waals surface area contributed by atoms with Gasteiger partial charge in [-0.05, 0) is 5.92 Å². The Bertz CT molecular complexity index is 549. The van der Waals surface area contributed by atoms with Crippen molar-refractivity contribution in [3.05, 3.63) is 24.4 Å². The molecule has 0 aliphatic carbocycles. The minimum absolute atomic E-state index is 0.361. The third-order valence-electron chi connectivity index (χ3n) is 1.48. The second kappa shape index (κ2) is 3.14. The van der Waals surface area contributed by atoms with Crippen LogP contribution in [0.3, 0.4) is 0 Å². The maximum Gasteiger partial charge on any atom is 0.382 e. The summed E-state index contributed by atoms with van der Waals surface area (Å²) in [5.41, 5.74) is 0.950. The number of carboxylic acids is 1. The van der Waals surface area contributed by atoms with E-state index in [2.05, 4.69) is 21.1 Å². The predicted octanol–water partition coefficient (Wildman–Crippen LogP) is -0.440. The summed E-state index contributed by atoms with van der Waals surface area (Å²) in [5.74, 6) is 3.17. The molecule has 0 radical (unpaired) electrons. The second-order valence-electron chi connectivity index (χ2n) is 2.42. The van der Waals surface area contributed by atoms with Gasteiger partial charge >= 0.3 is 5.97 Å². The van der Waals surface area contributed by atoms with E-state index in [4.69, 9.17) is 5.11 Å². The molecule has 2 aromatic heterocycles. The van der Waals surface area contributed by atoms with Crippen molar-refractivity contribution in [1.82, 2.24) is 19.6 Å². The molecule has 6 heteroatoms. The Balaban J connectivity index is 2.45. The van der Waals surface area contributed by atoms with Crippen LogP contribution < -0.4 is 0 Å². The molecule has 2 rings (SSSR count). The Morgan fingerprint density at radius 1 is 1.57 bits per heavy atom. The highest BCUT2D eigenvalue weighted by molar-refractivity contribution is 5.87. The van der Waals surface area contributed by atoms with Crippen LogP contribution in [0.2, 0.25) is 0 Å². The first-order valence-corrected chi connectivity index (χ1v) is 3.66. The van der Waals surface area contributed by atoms with Crippen LogP contribution in [-0.4, -0.2) is 30.7 Å². The van der Waals surface area contributed by atoms with Crippen molar-refractivity contribution >= 4 is 11.6 Å². The molecule has 6 nitrogen and oxygen atoms in total. The fourth-order valence-corrected chi connectivity index (χ4v) is 0.918. The summed E-state index contributed by atoms with van der Waals surface area (Å²) in [4.78, 5) is 14.0. The molecule has 0 amide bonds. The highest BCUT2D eigenvalue weighted by atomic mass is 16.4. The maximum absolute atomic E-state index is 10.2. The number of aliphatic carboxylic acids is 1. The first kappa shape index (κ1) is 8.19. The lowest BCUT2D eigenvalue weighted by Gasteiger charge is -1.90. The van der Waals surface area contributed by atoms with Gasteiger partial charge in [-0.3, -0.25) is 4.40 Å². The zero-order valence-corrected chi connectivity index (χ0v) is 6.88. The van der Waals surface area contributed by atoms with Gasteiger partial charge in [0, 0.05) is 12.1 Å². The van der Waals surface area contributed by atoms with Gasteiger partial charge in [-0.25, -0.2) is 9.78 Å². The molecule has 0 fully saturated rings. The molecule has 1 N–H and O–H groups in total. The predicted molar refractivity (Wildman–Crippen MR) is 45.3 cm³/mol. The Kier molecular flexibility index (Phi) is 1.84. The Morgan fingerprint density at radius 3 is 3.21 bits per heavy atom. The number of carboxylic acid groups (broad SMARTS) is 1. The number of aromatic nitrogens is 4. The van der Waals surface area contributed by atoms with E-state index in [0.29, 0.717) is 11.3 Å². The fraction of sp³-hybridized carbons (Fsp3) is 0. The van der Waals surface area contributed by atoms with Gasteiger partial charge in [0.05, 0.1) is 6.20 Å². The zero-order valence-electron chi connectivity index (χ0n) is 6.88. The molecule has 2 aromatic rings. The van der Waals surface area contributed by atoms with E-state index < -0.39 is 5.97 Å². The monoisotopic (exact) mass is 188 g/mol. The normalized spacial score (nSPS) is 9.43. The lowest BCUT2D eigenvalue weighted by Crippen LogP contribution is -1.91. The van der Waals surface area contributed by atoms with Gasteiger partial charge in [0.15, 0.2) is 5.65 Å². The van der Waals surface area contributed by atoms with Crippen LogP contribution in [0.15, 0.2) is 18.7 Å². The van der Waals surface area contributed by atoms with Crippen LogP contribution >= 0.6 is 0 Å². The summed E-state index contributed by atoms with van der Waals surface area (Å²) >= 11 is 0. The van der Waals surface area contributed by atoms with Gasteiger partial charge in [0.2, 0.25) is 0 Å². The molecule has 0 spiro atoms. The average molecular weight is 188 g/mol. The molecule has 0 aliphatic heterocycles. The topological polar surface area (TPSA) is 80.4 Å². The smallest absolute Gasteiger partial charge is 0.382 e. The molecule has 2 heterocycles. The SMILES string of the molecule is O=C(O)C#Cc1cn2cnnc2cn1. The van der Waals surface area contributed by atoms with Crippen LogP contribution in [-0.2, 0) is 4.79 Å². The molecule has 68 valence electrons. The van der Waals surface area contributed by atoms with Gasteiger partial charge in [-0.1, -0.05) is 0 Å². The van der Waals surface area contributed by atoms with Crippen molar-refractivity contribution in [2.45, 2.75) is 0 Å². The number of nitrogens with zero attached hydrogens (tertiary/aromatic N) is 4. The van der Waals surface area contributed by atoms with E-state index >= 15 is 0 Å². The third-order valence-corrected chi connectivity index (χ3v) is 1.48. The first-order valence-electron chi connectivity index (χ1n) is 3.66. The van der Waals surface area contributed by atoms with Crippen LogP contribution in [0.25, 0.3) is 5.65 Å². The second-order valence-corrected chi connectivity index (χ2v) is 2.42. The number of hydrogen-bond acceptors (Lipinski definition) is 4. The Morgan fingerprint density at radius 2 is 2.43 bits per heavy atom. The van der Waals surface area contributed by atoms with Gasteiger partial charge in [0.25, 0.3) is 0 Å². The molecule has 0 unspecified atom stereocenters. The van der Waals surface area contributed by atoms with Crippen molar-refractivity contribution < 1.29 is 9.90 Å². The van der Waals surface area contributed by atoms with Crippen molar-refractivity contribution in [1.29, 1.82) is 0 Å². The number of hydrogen-bond donors (Lipinski definition) is 1. The van der Waals surface area contributed by atoms with Crippen LogP contribution in [0.4, 0.5) is 0 Å². The molecule has 0 saturated heterocycles. The summed E-state index contributed by atoms with van der Waals surface area (Å²) < 4.78 is 1.61. The summed E-state index contributed by atoms with van der Waals surface area (Å²) in [5, 5.41) is 15.7. The fourth-order valence-electron chi connectivity index (χ4n) is 0.918. The van der Waals surface area contributed by atoms with Crippen LogP contribution in [0, 0.1) is 11.8 Å². The maximum atomic E-state index is 10.2. The molecule has 0 saturated carbocycles. The van der Waals surface area contributed by atoms with E-state index in [9.17, 15) is 4.79 Å². The van der Waals surface area contributed by atoms with Gasteiger partial charge < -0.3 is 5.11 Å². The van der Waals surface area contributed by atoms with E-state index in [0.717, 1.165) is 0 Å². The van der Waals surface area contributed by atoms with Crippen molar-refractivity contribution in [3.8, 4) is 11.8 Å². The lowest BCUT2D eigenvalue weighted by molar-refractivity contribution is -0.130. The summed E-state index contributed by atoms with van der Waals surface area (Å²) in [6.07, 6.45) is 4.52. The van der Waals surface area contributed by atoms with Crippen molar-refractivity contribution in [3.63, 3.8) is 0 Å². The van der Waals surface area contributed by atoms with Crippen molar-refractivity contribution in [2.24, 2.45) is 0 Å². The Hall–Kier alpha value is -2.42. The molecule has 0 bridgehead atoms. The summed E-state index contributed by atoms with van der Waals surface area (Å²) in [6.45, 7) is 0. The molecular formula is C8H4N4O2. The summed E-state index contributed by atoms with van der Waals surface area (Å²) in [7, 11) is 0.